The van der Waals surface area contributed by atoms with Gasteiger partial charge in [0.2, 0.25) is 0 Å². The molecule has 0 aromatic heterocycles. The summed E-state index contributed by atoms with van der Waals surface area (Å²) < 4.78 is 6.16. The van der Waals surface area contributed by atoms with Gasteiger partial charge in [0, 0.05) is 5.56 Å². The number of aliphatic hydroxyl groups is 1. The van der Waals surface area contributed by atoms with Crippen LogP contribution in [0.25, 0.3) is 0 Å². The largest absolute Gasteiger partial charge is 0.488 e. The van der Waals surface area contributed by atoms with Gasteiger partial charge in [0.25, 0.3) is 0 Å². The molecule has 0 bridgehead atoms. The maximum absolute atomic E-state index is 11.0. The molecule has 0 aliphatic carbocycles. The summed E-state index contributed by atoms with van der Waals surface area (Å²) in [5.41, 5.74) is 2.00. The molecule has 2 rings (SSSR count). The van der Waals surface area contributed by atoms with Crippen LogP contribution in [0.4, 0.5) is 0 Å². The number of aliphatic carboxylic acids is 1. The number of aliphatic hydroxyl groups excluding tert-OH is 1. The summed E-state index contributed by atoms with van der Waals surface area (Å²) in [5.74, 6) is -0.793. The number of aryl methyl sites for hydroxylation is 1. The number of halogens is 1. The first-order valence-corrected chi connectivity index (χ1v) is 7.16. The van der Waals surface area contributed by atoms with E-state index in [9.17, 15) is 9.90 Å². The minimum atomic E-state index is -1.58. The molecule has 0 aliphatic rings. The molecule has 0 saturated heterocycles. The Hall–Kier alpha value is -1.85. The summed E-state index contributed by atoms with van der Waals surface area (Å²) in [6.45, 7) is 2.11. The monoisotopic (exact) mass is 350 g/mol. The van der Waals surface area contributed by atoms with Crippen LogP contribution >= 0.6 is 15.9 Å². The van der Waals surface area contributed by atoms with Crippen molar-refractivity contribution in [3.8, 4) is 5.75 Å². The zero-order valence-corrected chi connectivity index (χ0v) is 13.0. The van der Waals surface area contributed by atoms with E-state index in [1.54, 1.807) is 19.1 Å². The molecule has 0 aliphatic heterocycles. The molecular weight excluding hydrogens is 336 g/mol. The highest BCUT2D eigenvalue weighted by Crippen LogP contribution is 2.35. The first kappa shape index (κ1) is 15.5. The number of rotatable bonds is 5. The normalized spacial score (nSPS) is 12.0. The summed E-state index contributed by atoms with van der Waals surface area (Å²) >= 11 is 3.33. The molecule has 4 nitrogen and oxygen atoms in total. The fourth-order valence-corrected chi connectivity index (χ4v) is 2.75. The van der Waals surface area contributed by atoms with E-state index in [1.807, 2.05) is 30.3 Å². The summed E-state index contributed by atoms with van der Waals surface area (Å²) in [7, 11) is 0. The zero-order chi connectivity index (χ0) is 15.4. The molecule has 21 heavy (non-hydrogen) atoms. The van der Waals surface area contributed by atoms with Crippen LogP contribution in [-0.4, -0.2) is 16.2 Å². The lowest BCUT2D eigenvalue weighted by Gasteiger charge is -2.16. The van der Waals surface area contributed by atoms with Crippen molar-refractivity contribution in [1.29, 1.82) is 0 Å². The van der Waals surface area contributed by atoms with Gasteiger partial charge in [0.05, 0.1) is 4.47 Å². The number of ether oxygens (including phenoxy) is 1. The second kappa shape index (κ2) is 6.74. The Morgan fingerprint density at radius 2 is 1.90 bits per heavy atom. The van der Waals surface area contributed by atoms with Gasteiger partial charge in [-0.1, -0.05) is 36.4 Å². The van der Waals surface area contributed by atoms with Gasteiger partial charge in [0.15, 0.2) is 6.10 Å². The minimum absolute atomic E-state index is 0.313. The third-order valence-corrected chi connectivity index (χ3v) is 3.92. The molecule has 110 valence electrons. The maximum Gasteiger partial charge on any atom is 0.337 e. The van der Waals surface area contributed by atoms with Crippen LogP contribution in [0.15, 0.2) is 46.9 Å². The molecule has 5 heteroatoms. The van der Waals surface area contributed by atoms with Gasteiger partial charge in [0.1, 0.15) is 12.4 Å². The van der Waals surface area contributed by atoms with Crippen LogP contribution in [0.5, 0.6) is 5.75 Å². The van der Waals surface area contributed by atoms with E-state index in [2.05, 4.69) is 15.9 Å². The number of carbonyl (C=O) groups is 1. The fourth-order valence-electron chi connectivity index (χ4n) is 1.98. The van der Waals surface area contributed by atoms with Crippen LogP contribution in [0.3, 0.4) is 0 Å². The molecule has 0 fully saturated rings. The lowest BCUT2D eigenvalue weighted by atomic mass is 10.0. The molecular formula is C16H15BrO4. The van der Waals surface area contributed by atoms with E-state index >= 15 is 0 Å². The van der Waals surface area contributed by atoms with E-state index in [1.165, 1.54) is 0 Å². The van der Waals surface area contributed by atoms with E-state index in [0.717, 1.165) is 5.56 Å². The van der Waals surface area contributed by atoms with Crippen LogP contribution in [0.1, 0.15) is 22.8 Å². The van der Waals surface area contributed by atoms with E-state index in [-0.39, 0.29) is 0 Å². The van der Waals surface area contributed by atoms with Gasteiger partial charge in [-0.2, -0.15) is 0 Å². The Labute approximate surface area is 131 Å². The van der Waals surface area contributed by atoms with Crippen LogP contribution in [0.2, 0.25) is 0 Å². The Morgan fingerprint density at radius 1 is 1.24 bits per heavy atom. The van der Waals surface area contributed by atoms with Gasteiger partial charge in [-0.3, -0.25) is 0 Å². The Kier molecular flexibility index (Phi) is 4.98. The molecule has 1 atom stereocenters. The van der Waals surface area contributed by atoms with E-state index in [4.69, 9.17) is 9.84 Å². The Balaban J connectivity index is 2.25. The van der Waals surface area contributed by atoms with E-state index in [0.29, 0.717) is 28.0 Å². The van der Waals surface area contributed by atoms with Crippen LogP contribution in [-0.2, 0) is 11.4 Å². The lowest BCUT2D eigenvalue weighted by molar-refractivity contribution is -0.147. The number of hydrogen-bond acceptors (Lipinski definition) is 3. The molecule has 2 aromatic rings. The highest BCUT2D eigenvalue weighted by Gasteiger charge is 2.23. The summed E-state index contributed by atoms with van der Waals surface area (Å²) in [4.78, 5) is 11.0. The van der Waals surface area contributed by atoms with Crippen molar-refractivity contribution in [2.45, 2.75) is 19.6 Å². The SMILES string of the molecule is Cc1ccc(OCc2ccccc2)c(Br)c1[C@H](O)C(=O)O. The average molecular weight is 351 g/mol. The highest BCUT2D eigenvalue weighted by molar-refractivity contribution is 9.10. The fraction of sp³-hybridized carbons (Fsp3) is 0.188. The standard InChI is InChI=1S/C16H15BrO4/c1-10-7-8-12(14(17)13(10)15(18)16(19)20)21-9-11-5-3-2-4-6-11/h2-8,15,18H,9H2,1H3,(H,19,20)/t15-/m0/s1. The summed E-state index contributed by atoms with van der Waals surface area (Å²) in [5, 5.41) is 18.8. The number of hydrogen-bond donors (Lipinski definition) is 2. The molecule has 0 saturated carbocycles. The Bertz CT molecular complexity index is 640. The van der Waals surface area contributed by atoms with Crippen molar-refractivity contribution in [2.75, 3.05) is 0 Å². The third-order valence-electron chi connectivity index (χ3n) is 3.11. The highest BCUT2D eigenvalue weighted by atomic mass is 79.9. The molecule has 0 heterocycles. The van der Waals surface area contributed by atoms with Gasteiger partial charge in [-0.15, -0.1) is 0 Å². The minimum Gasteiger partial charge on any atom is -0.488 e. The van der Waals surface area contributed by atoms with Crippen molar-refractivity contribution < 1.29 is 19.7 Å². The molecule has 0 amide bonds. The predicted molar refractivity (Wildman–Crippen MR) is 82.2 cm³/mol. The van der Waals surface area contributed by atoms with Gasteiger partial charge >= 0.3 is 5.97 Å². The topological polar surface area (TPSA) is 66.8 Å². The predicted octanol–water partition coefficient (Wildman–Crippen LogP) is 3.45. The summed E-state index contributed by atoms with van der Waals surface area (Å²) in [6, 6.07) is 13.1. The summed E-state index contributed by atoms with van der Waals surface area (Å²) in [6.07, 6.45) is -1.58. The molecule has 0 spiro atoms. The van der Waals surface area contributed by atoms with Gasteiger partial charge in [-0.05, 0) is 40.0 Å². The second-order valence-corrected chi connectivity index (χ2v) is 5.42. The molecule has 2 aromatic carbocycles. The van der Waals surface area contributed by atoms with Crippen molar-refractivity contribution in [2.24, 2.45) is 0 Å². The van der Waals surface area contributed by atoms with Crippen molar-refractivity contribution >= 4 is 21.9 Å². The number of carboxylic acids is 1. The number of benzene rings is 2. The van der Waals surface area contributed by atoms with Gasteiger partial charge < -0.3 is 14.9 Å². The van der Waals surface area contributed by atoms with Crippen molar-refractivity contribution in [3.05, 3.63) is 63.6 Å². The molecule has 0 radical (unpaired) electrons. The third kappa shape index (κ3) is 3.62. The second-order valence-electron chi connectivity index (χ2n) is 4.62. The first-order valence-electron chi connectivity index (χ1n) is 6.37. The first-order chi connectivity index (χ1) is 10.0. The maximum atomic E-state index is 11.0. The quantitative estimate of drug-likeness (QED) is 0.866. The smallest absolute Gasteiger partial charge is 0.337 e. The van der Waals surface area contributed by atoms with Crippen molar-refractivity contribution in [3.63, 3.8) is 0 Å². The van der Waals surface area contributed by atoms with Crippen LogP contribution in [0, 0.1) is 6.92 Å². The lowest BCUT2D eigenvalue weighted by Crippen LogP contribution is -2.13. The Morgan fingerprint density at radius 3 is 2.52 bits per heavy atom. The van der Waals surface area contributed by atoms with Gasteiger partial charge in [-0.25, -0.2) is 4.79 Å². The molecule has 0 unspecified atom stereocenters. The van der Waals surface area contributed by atoms with Crippen LogP contribution < -0.4 is 4.74 Å². The van der Waals surface area contributed by atoms with Crippen molar-refractivity contribution in [1.82, 2.24) is 0 Å². The number of carboxylic acid groups (broad SMARTS) is 1. The molecule has 2 N–H and O–H groups in total. The average Bonchev–Trinajstić information content (AvgIpc) is 2.47. The zero-order valence-electron chi connectivity index (χ0n) is 11.4. The van der Waals surface area contributed by atoms with E-state index < -0.39 is 12.1 Å².